The minimum absolute atomic E-state index is 0.0121. The molecular formula is C17H18Br2N4O7. The molecule has 1 fully saturated rings. The second-order valence-electron chi connectivity index (χ2n) is 6.13. The number of carbonyl (C=O) groups is 4. The molecule has 162 valence electrons. The third-order valence-electron chi connectivity index (χ3n) is 4.09. The zero-order valence-corrected chi connectivity index (χ0v) is 18.9. The van der Waals surface area contributed by atoms with Crippen LogP contribution in [0.3, 0.4) is 0 Å². The Morgan fingerprint density at radius 2 is 1.53 bits per heavy atom. The summed E-state index contributed by atoms with van der Waals surface area (Å²) in [5.41, 5.74) is -1.09. The number of nitrogens with zero attached hydrogens (tertiary/aromatic N) is 3. The zero-order valence-electron chi connectivity index (χ0n) is 15.7. The molecule has 1 aliphatic rings. The summed E-state index contributed by atoms with van der Waals surface area (Å²) < 4.78 is 2.20. The van der Waals surface area contributed by atoms with E-state index in [0.29, 0.717) is 11.5 Å². The molecule has 0 spiro atoms. The number of hydrogen-bond acceptors (Lipinski definition) is 7. The average molecular weight is 550 g/mol. The molecule has 1 aliphatic heterocycles. The van der Waals surface area contributed by atoms with E-state index in [1.165, 1.54) is 0 Å². The summed E-state index contributed by atoms with van der Waals surface area (Å²) in [5, 5.41) is 2.97. The molecule has 30 heavy (non-hydrogen) atoms. The Balaban J connectivity index is 2.14. The van der Waals surface area contributed by atoms with Crippen molar-refractivity contribution in [3.63, 3.8) is 0 Å². The van der Waals surface area contributed by atoms with Crippen LogP contribution in [-0.4, -0.2) is 44.7 Å². The lowest BCUT2D eigenvalue weighted by molar-refractivity contribution is -0.197. The summed E-state index contributed by atoms with van der Waals surface area (Å²) in [6.07, 6.45) is 1.01. The van der Waals surface area contributed by atoms with Gasteiger partial charge < -0.3 is 10.2 Å². The molecule has 0 aromatic carbocycles. The van der Waals surface area contributed by atoms with E-state index in [1.54, 1.807) is 0 Å². The lowest BCUT2D eigenvalue weighted by atomic mass is 10.4. The van der Waals surface area contributed by atoms with Crippen LogP contribution in [0.15, 0.2) is 31.2 Å². The number of imide groups is 1. The highest BCUT2D eigenvalue weighted by Gasteiger charge is 2.32. The lowest BCUT2D eigenvalue weighted by Gasteiger charge is -2.17. The van der Waals surface area contributed by atoms with Crippen LogP contribution in [-0.2, 0) is 37.1 Å². The molecule has 3 amide bonds. The van der Waals surface area contributed by atoms with Gasteiger partial charge in [0.05, 0.1) is 13.0 Å². The van der Waals surface area contributed by atoms with E-state index in [9.17, 15) is 28.8 Å². The van der Waals surface area contributed by atoms with Gasteiger partial charge in [-0.1, -0.05) is 6.58 Å². The third-order valence-corrected chi connectivity index (χ3v) is 6.09. The number of halogens is 2. The first kappa shape index (κ1) is 23.7. The number of hydrogen-bond donors (Lipinski definition) is 1. The van der Waals surface area contributed by atoms with Gasteiger partial charge in [-0.05, 0) is 44.4 Å². The van der Waals surface area contributed by atoms with Gasteiger partial charge in [0.1, 0.15) is 8.95 Å². The van der Waals surface area contributed by atoms with Crippen LogP contribution in [0, 0.1) is 0 Å². The SMILES string of the molecule is C=CC(=O)NCCCn1c(=O)c(Br)c(Br)c(=O)n1CCC(=O)ON1C(=O)CCC1=O. The van der Waals surface area contributed by atoms with Gasteiger partial charge in [-0.3, -0.25) is 24.0 Å². The van der Waals surface area contributed by atoms with Crippen molar-refractivity contribution in [1.29, 1.82) is 0 Å². The average Bonchev–Trinajstić information content (AvgIpc) is 3.04. The van der Waals surface area contributed by atoms with Gasteiger partial charge in [-0.2, -0.15) is 0 Å². The predicted molar refractivity (Wildman–Crippen MR) is 110 cm³/mol. The fourth-order valence-corrected chi connectivity index (χ4v) is 3.34. The van der Waals surface area contributed by atoms with Crippen molar-refractivity contribution in [1.82, 2.24) is 19.7 Å². The van der Waals surface area contributed by atoms with Crippen LogP contribution in [0.2, 0.25) is 0 Å². The zero-order chi connectivity index (χ0) is 22.4. The molecule has 13 heteroatoms. The molecule has 0 saturated carbocycles. The molecule has 11 nitrogen and oxygen atoms in total. The summed E-state index contributed by atoms with van der Waals surface area (Å²) in [4.78, 5) is 76.2. The second kappa shape index (κ2) is 10.5. The van der Waals surface area contributed by atoms with Crippen molar-refractivity contribution in [2.24, 2.45) is 0 Å². The number of hydroxylamine groups is 2. The number of nitrogens with one attached hydrogen (secondary N) is 1. The van der Waals surface area contributed by atoms with Crippen LogP contribution in [0.1, 0.15) is 25.7 Å². The van der Waals surface area contributed by atoms with E-state index < -0.39 is 28.9 Å². The minimum Gasteiger partial charge on any atom is -0.353 e. The van der Waals surface area contributed by atoms with Gasteiger partial charge in [0.15, 0.2) is 0 Å². The van der Waals surface area contributed by atoms with Gasteiger partial charge in [0.25, 0.3) is 22.9 Å². The highest BCUT2D eigenvalue weighted by molar-refractivity contribution is 9.13. The highest BCUT2D eigenvalue weighted by atomic mass is 79.9. The molecule has 1 saturated heterocycles. The van der Waals surface area contributed by atoms with Crippen LogP contribution >= 0.6 is 31.9 Å². The topological polar surface area (TPSA) is 137 Å². The quantitative estimate of drug-likeness (QED) is 0.264. The van der Waals surface area contributed by atoms with E-state index in [1.807, 2.05) is 0 Å². The standard InChI is InChI=1S/C17H18Br2N4O7/c1-2-10(24)20-7-3-8-21-16(28)14(18)15(19)17(29)22(21)9-6-13(27)30-23-11(25)4-5-12(23)26/h2H,1,3-9H2,(H,20,24). The summed E-state index contributed by atoms with van der Waals surface area (Å²) in [6.45, 7) is 3.42. The maximum atomic E-state index is 12.6. The van der Waals surface area contributed by atoms with Gasteiger partial charge in [0.2, 0.25) is 5.91 Å². The monoisotopic (exact) mass is 548 g/mol. The third kappa shape index (κ3) is 5.53. The van der Waals surface area contributed by atoms with E-state index >= 15 is 0 Å². The fourth-order valence-electron chi connectivity index (χ4n) is 2.59. The summed E-state index contributed by atoms with van der Waals surface area (Å²) in [7, 11) is 0. The molecule has 2 heterocycles. The molecule has 0 aliphatic carbocycles. The van der Waals surface area contributed by atoms with Gasteiger partial charge in [0, 0.05) is 25.9 Å². The molecule has 0 bridgehead atoms. The maximum absolute atomic E-state index is 12.6. The maximum Gasteiger partial charge on any atom is 0.335 e. The first-order valence-electron chi connectivity index (χ1n) is 8.83. The first-order chi connectivity index (χ1) is 14.2. The van der Waals surface area contributed by atoms with Crippen LogP contribution in [0.5, 0.6) is 0 Å². The Hall–Kier alpha value is -2.54. The fraction of sp³-hybridized carbons (Fsp3) is 0.412. The predicted octanol–water partition coefficient (Wildman–Crippen LogP) is 0.225. The van der Waals surface area contributed by atoms with Crippen LogP contribution in [0.4, 0.5) is 0 Å². The molecule has 1 aromatic heterocycles. The van der Waals surface area contributed by atoms with E-state index in [2.05, 4.69) is 43.8 Å². The number of carbonyl (C=O) groups excluding carboxylic acids is 4. The largest absolute Gasteiger partial charge is 0.353 e. The Bertz CT molecular complexity index is 999. The number of aromatic nitrogens is 2. The van der Waals surface area contributed by atoms with E-state index in [4.69, 9.17) is 4.84 Å². The minimum atomic E-state index is -0.901. The smallest absolute Gasteiger partial charge is 0.335 e. The van der Waals surface area contributed by atoms with Gasteiger partial charge in [-0.25, -0.2) is 14.2 Å². The Kier molecular flexibility index (Phi) is 8.29. The van der Waals surface area contributed by atoms with E-state index in [-0.39, 0.29) is 53.7 Å². The summed E-state index contributed by atoms with van der Waals surface area (Å²) in [5.74, 6) is -2.50. The molecule has 0 unspecified atom stereocenters. The Morgan fingerprint density at radius 3 is 2.07 bits per heavy atom. The lowest BCUT2D eigenvalue weighted by Crippen LogP contribution is -2.41. The molecule has 0 radical (unpaired) electrons. The van der Waals surface area contributed by atoms with Gasteiger partial charge >= 0.3 is 5.97 Å². The Morgan fingerprint density at radius 1 is 1.00 bits per heavy atom. The van der Waals surface area contributed by atoms with Crippen LogP contribution in [0.25, 0.3) is 0 Å². The van der Waals surface area contributed by atoms with Crippen molar-refractivity contribution in [3.8, 4) is 0 Å². The summed E-state index contributed by atoms with van der Waals surface area (Å²) in [6, 6.07) is 0. The highest BCUT2D eigenvalue weighted by Crippen LogP contribution is 2.15. The van der Waals surface area contributed by atoms with Crippen molar-refractivity contribution in [2.75, 3.05) is 6.54 Å². The normalized spacial score (nSPS) is 13.5. The molecule has 1 N–H and O–H groups in total. The molecule has 1 aromatic rings. The first-order valence-corrected chi connectivity index (χ1v) is 10.4. The van der Waals surface area contributed by atoms with Crippen molar-refractivity contribution >= 4 is 55.6 Å². The van der Waals surface area contributed by atoms with Crippen molar-refractivity contribution < 1.29 is 24.0 Å². The van der Waals surface area contributed by atoms with Crippen LogP contribution < -0.4 is 16.4 Å². The van der Waals surface area contributed by atoms with Gasteiger partial charge in [-0.15, -0.1) is 5.06 Å². The van der Waals surface area contributed by atoms with Crippen molar-refractivity contribution in [2.45, 2.75) is 38.8 Å². The second-order valence-corrected chi connectivity index (χ2v) is 7.71. The van der Waals surface area contributed by atoms with Crippen molar-refractivity contribution in [3.05, 3.63) is 42.3 Å². The molecular weight excluding hydrogens is 532 g/mol. The molecule has 2 rings (SSSR count). The Labute approximate surface area is 186 Å². The molecule has 0 atom stereocenters. The summed E-state index contributed by atoms with van der Waals surface area (Å²) >= 11 is 6.10. The number of amides is 3. The number of rotatable bonds is 9. The van der Waals surface area contributed by atoms with E-state index in [0.717, 1.165) is 15.4 Å².